The van der Waals surface area contributed by atoms with Gasteiger partial charge in [-0.2, -0.15) is 0 Å². The molecule has 0 saturated heterocycles. The molecule has 0 aliphatic rings. The van der Waals surface area contributed by atoms with Crippen LogP contribution < -0.4 is 5.32 Å². The Labute approximate surface area is 419 Å². The summed E-state index contributed by atoms with van der Waals surface area (Å²) >= 11 is 0. The van der Waals surface area contributed by atoms with E-state index in [0.717, 1.165) is 44.9 Å². The van der Waals surface area contributed by atoms with E-state index in [2.05, 4.69) is 31.3 Å². The number of rotatable bonds is 57. The SMILES string of the molecule is CCCCCCC/C=C\CCCCCCCC(=O)OCCCCCCCCCCCCCCCCCCCCCCCCCCC(=O)NC(CO)C(O)CCCCCCCCCCCCCC. The van der Waals surface area contributed by atoms with Crippen LogP contribution in [0.1, 0.15) is 341 Å². The molecule has 0 aromatic heterocycles. The lowest BCUT2D eigenvalue weighted by molar-refractivity contribution is -0.143. The standard InChI is InChI=1S/C61H119NO5/c1-3-5-7-9-11-13-15-17-31-35-39-43-47-51-55-61(66)67-56-52-48-44-40-36-32-29-27-25-23-21-19-18-20-22-24-26-28-30-34-38-42-46-50-54-60(65)62-58(57-63)59(64)53-49-45-41-37-33-16-14-12-10-8-6-4-2/h15,17,58-59,63-64H,3-14,16,18-57H2,1-2H3,(H,62,65)/b17-15-. The third kappa shape index (κ3) is 53.8. The summed E-state index contributed by atoms with van der Waals surface area (Å²) in [6.45, 7) is 4.95. The monoisotopic (exact) mass is 946 g/mol. The van der Waals surface area contributed by atoms with Crippen LogP contribution in [0.25, 0.3) is 0 Å². The first kappa shape index (κ1) is 65.6. The van der Waals surface area contributed by atoms with Gasteiger partial charge in [-0.1, -0.05) is 289 Å². The molecule has 2 atom stereocenters. The number of nitrogens with one attached hydrogen (secondary N) is 1. The predicted molar refractivity (Wildman–Crippen MR) is 292 cm³/mol. The first-order chi connectivity index (χ1) is 33.0. The Morgan fingerprint density at radius 3 is 1.06 bits per heavy atom. The summed E-state index contributed by atoms with van der Waals surface area (Å²) in [6.07, 6.45) is 67.9. The number of ether oxygens (including phenoxy) is 1. The van der Waals surface area contributed by atoms with Gasteiger partial charge < -0.3 is 20.3 Å². The van der Waals surface area contributed by atoms with Gasteiger partial charge in [-0.3, -0.25) is 9.59 Å². The fourth-order valence-corrected chi connectivity index (χ4v) is 9.64. The zero-order valence-electron chi connectivity index (χ0n) is 45.4. The smallest absolute Gasteiger partial charge is 0.305 e. The summed E-state index contributed by atoms with van der Waals surface area (Å²) in [5.41, 5.74) is 0. The van der Waals surface area contributed by atoms with Crippen molar-refractivity contribution in [2.45, 2.75) is 353 Å². The number of unbranched alkanes of at least 4 members (excludes halogenated alkanes) is 44. The summed E-state index contributed by atoms with van der Waals surface area (Å²) in [5.74, 6) is -0.0255. The topological polar surface area (TPSA) is 95.9 Å². The van der Waals surface area contributed by atoms with Crippen LogP contribution >= 0.6 is 0 Å². The fourth-order valence-electron chi connectivity index (χ4n) is 9.64. The van der Waals surface area contributed by atoms with Gasteiger partial charge in [0.05, 0.1) is 25.4 Å². The quantitative estimate of drug-likeness (QED) is 0.0321. The van der Waals surface area contributed by atoms with Gasteiger partial charge >= 0.3 is 5.97 Å². The molecule has 2 unspecified atom stereocenters. The minimum atomic E-state index is -0.661. The van der Waals surface area contributed by atoms with Crippen molar-refractivity contribution in [3.05, 3.63) is 12.2 Å². The lowest BCUT2D eigenvalue weighted by atomic mass is 10.0. The minimum Gasteiger partial charge on any atom is -0.466 e. The Balaban J connectivity index is 3.34. The largest absolute Gasteiger partial charge is 0.466 e. The number of aliphatic hydroxyl groups excluding tert-OH is 2. The van der Waals surface area contributed by atoms with Crippen molar-refractivity contribution in [2.24, 2.45) is 0 Å². The molecule has 0 aliphatic heterocycles. The molecule has 67 heavy (non-hydrogen) atoms. The van der Waals surface area contributed by atoms with E-state index in [0.29, 0.717) is 25.9 Å². The Morgan fingerprint density at radius 1 is 0.403 bits per heavy atom. The molecule has 0 saturated carbocycles. The number of allylic oxidation sites excluding steroid dienone is 2. The molecule has 3 N–H and O–H groups in total. The molecule has 0 radical (unpaired) electrons. The van der Waals surface area contributed by atoms with Crippen LogP contribution in [0.3, 0.4) is 0 Å². The average Bonchev–Trinajstić information content (AvgIpc) is 3.33. The molecule has 0 bridgehead atoms. The second-order valence-electron chi connectivity index (χ2n) is 21.0. The van der Waals surface area contributed by atoms with Crippen LogP contribution in [-0.2, 0) is 14.3 Å². The Kier molecular flexibility index (Phi) is 56.0. The number of hydrogen-bond donors (Lipinski definition) is 3. The van der Waals surface area contributed by atoms with Gasteiger partial charge in [0.1, 0.15) is 0 Å². The number of carbonyl (C=O) groups excluding carboxylic acids is 2. The number of hydrogen-bond acceptors (Lipinski definition) is 5. The first-order valence-corrected chi connectivity index (χ1v) is 30.4. The van der Waals surface area contributed by atoms with E-state index in [9.17, 15) is 19.8 Å². The maximum atomic E-state index is 12.5. The summed E-state index contributed by atoms with van der Waals surface area (Å²) in [7, 11) is 0. The highest BCUT2D eigenvalue weighted by atomic mass is 16.5. The van der Waals surface area contributed by atoms with Crippen molar-refractivity contribution in [2.75, 3.05) is 13.2 Å². The highest BCUT2D eigenvalue weighted by Gasteiger charge is 2.20. The second kappa shape index (κ2) is 57.2. The minimum absolute atomic E-state index is 0.00737. The highest BCUT2D eigenvalue weighted by molar-refractivity contribution is 5.76. The normalized spacial score (nSPS) is 12.6. The molecular formula is C61H119NO5. The van der Waals surface area contributed by atoms with Gasteiger partial charge in [-0.25, -0.2) is 0 Å². The Bertz CT molecular complexity index is 1000. The summed E-state index contributed by atoms with van der Waals surface area (Å²) in [5, 5.41) is 23.2. The fraction of sp³-hybridized carbons (Fsp3) is 0.934. The van der Waals surface area contributed by atoms with Crippen LogP contribution in [0.5, 0.6) is 0 Å². The van der Waals surface area contributed by atoms with Crippen LogP contribution in [0, 0.1) is 0 Å². The van der Waals surface area contributed by atoms with E-state index in [4.69, 9.17) is 4.74 Å². The number of amides is 1. The van der Waals surface area contributed by atoms with Gasteiger partial charge in [0.2, 0.25) is 5.91 Å². The third-order valence-corrected chi connectivity index (χ3v) is 14.3. The van der Waals surface area contributed by atoms with Crippen LogP contribution in [0.4, 0.5) is 0 Å². The van der Waals surface area contributed by atoms with Gasteiger partial charge in [-0.05, 0) is 51.4 Å². The van der Waals surface area contributed by atoms with Crippen molar-refractivity contribution in [3.63, 3.8) is 0 Å². The van der Waals surface area contributed by atoms with Crippen LogP contribution in [0.15, 0.2) is 12.2 Å². The van der Waals surface area contributed by atoms with E-state index >= 15 is 0 Å². The van der Waals surface area contributed by atoms with Crippen molar-refractivity contribution in [1.29, 1.82) is 0 Å². The third-order valence-electron chi connectivity index (χ3n) is 14.3. The molecule has 0 rings (SSSR count). The molecule has 6 heteroatoms. The lowest BCUT2D eigenvalue weighted by Gasteiger charge is -2.22. The molecule has 0 fully saturated rings. The van der Waals surface area contributed by atoms with Crippen LogP contribution in [-0.4, -0.2) is 47.4 Å². The van der Waals surface area contributed by atoms with Gasteiger partial charge in [0, 0.05) is 12.8 Å². The number of aliphatic hydroxyl groups is 2. The zero-order valence-corrected chi connectivity index (χ0v) is 45.4. The number of esters is 1. The van der Waals surface area contributed by atoms with Gasteiger partial charge in [0.15, 0.2) is 0 Å². The second-order valence-corrected chi connectivity index (χ2v) is 21.0. The average molecular weight is 947 g/mol. The molecule has 0 spiro atoms. The Hall–Kier alpha value is -1.40. The van der Waals surface area contributed by atoms with E-state index in [-0.39, 0.29) is 18.5 Å². The maximum absolute atomic E-state index is 12.5. The molecule has 0 aromatic carbocycles. The van der Waals surface area contributed by atoms with E-state index < -0.39 is 12.1 Å². The van der Waals surface area contributed by atoms with Gasteiger partial charge in [-0.15, -0.1) is 0 Å². The zero-order chi connectivity index (χ0) is 48.6. The maximum Gasteiger partial charge on any atom is 0.305 e. The molecule has 398 valence electrons. The predicted octanol–water partition coefficient (Wildman–Crippen LogP) is 18.9. The highest BCUT2D eigenvalue weighted by Crippen LogP contribution is 2.18. The van der Waals surface area contributed by atoms with Crippen LogP contribution in [0.2, 0.25) is 0 Å². The van der Waals surface area contributed by atoms with E-state index in [1.54, 1.807) is 0 Å². The van der Waals surface area contributed by atoms with E-state index in [1.807, 2.05) is 0 Å². The van der Waals surface area contributed by atoms with Crippen molar-refractivity contribution >= 4 is 11.9 Å². The van der Waals surface area contributed by atoms with Gasteiger partial charge in [0.25, 0.3) is 0 Å². The molecule has 0 aromatic rings. The summed E-state index contributed by atoms with van der Waals surface area (Å²) < 4.78 is 5.48. The first-order valence-electron chi connectivity index (χ1n) is 30.4. The number of carbonyl (C=O) groups is 2. The summed E-state index contributed by atoms with van der Waals surface area (Å²) in [4.78, 5) is 24.5. The lowest BCUT2D eigenvalue weighted by Crippen LogP contribution is -2.45. The molecular weight excluding hydrogens is 827 g/mol. The van der Waals surface area contributed by atoms with Crippen molar-refractivity contribution < 1.29 is 24.5 Å². The summed E-state index contributed by atoms with van der Waals surface area (Å²) in [6, 6.07) is -0.539. The van der Waals surface area contributed by atoms with Crippen molar-refractivity contribution in [3.8, 4) is 0 Å². The van der Waals surface area contributed by atoms with Crippen molar-refractivity contribution in [1.82, 2.24) is 5.32 Å². The molecule has 0 heterocycles. The molecule has 6 nitrogen and oxygen atoms in total. The molecule has 1 amide bonds. The molecule has 0 aliphatic carbocycles. The Morgan fingerprint density at radius 2 is 0.701 bits per heavy atom. The van der Waals surface area contributed by atoms with E-state index in [1.165, 1.54) is 263 Å².